The molecule has 1 amide bonds. The van der Waals surface area contributed by atoms with Crippen LogP contribution in [0.2, 0.25) is 0 Å². The fourth-order valence-electron chi connectivity index (χ4n) is 4.85. The van der Waals surface area contributed by atoms with Gasteiger partial charge >= 0.3 is 0 Å². The Balaban J connectivity index is 1.34. The van der Waals surface area contributed by atoms with Gasteiger partial charge in [0.25, 0.3) is 0 Å². The standard InChI is InChI=1S/C27H26N2O3/c1-17-14-22(17)25-13-12-19(32-25)15-28(18-10-11-18)26(30)16-29-23-8-4-2-6-20(23)27(31)21-7-3-5-9-24(21)29/h2-9,12-13,17-18,22H,10-11,14-16H2,1H3. The molecule has 4 aromatic rings. The summed E-state index contributed by atoms with van der Waals surface area (Å²) in [6.45, 7) is 2.94. The highest BCUT2D eigenvalue weighted by atomic mass is 16.3. The molecule has 32 heavy (non-hydrogen) atoms. The number of para-hydroxylation sites is 2. The lowest BCUT2D eigenvalue weighted by molar-refractivity contribution is -0.133. The van der Waals surface area contributed by atoms with Crippen LogP contribution in [0, 0.1) is 5.92 Å². The molecule has 162 valence electrons. The van der Waals surface area contributed by atoms with Gasteiger partial charge in [-0.15, -0.1) is 0 Å². The number of hydrogen-bond donors (Lipinski definition) is 0. The molecule has 0 N–H and O–H groups in total. The second-order valence-electron chi connectivity index (χ2n) is 9.33. The predicted octanol–water partition coefficient (Wildman–Crippen LogP) is 5.06. The molecule has 2 aromatic carbocycles. The number of hydrogen-bond acceptors (Lipinski definition) is 3. The van der Waals surface area contributed by atoms with E-state index in [1.54, 1.807) is 0 Å². The molecule has 2 atom stereocenters. The van der Waals surface area contributed by atoms with Crippen LogP contribution in [0.1, 0.15) is 43.6 Å². The Bertz CT molecular complexity index is 1340. The first-order valence-corrected chi connectivity index (χ1v) is 11.5. The van der Waals surface area contributed by atoms with Crippen LogP contribution in [-0.2, 0) is 17.9 Å². The second kappa shape index (κ2) is 7.37. The first kappa shape index (κ1) is 19.4. The SMILES string of the molecule is CC1CC1c1ccc(CN(C(=O)Cn2c3ccccc3c(=O)c3ccccc32)C2CC2)o1. The summed E-state index contributed by atoms with van der Waals surface area (Å²) in [7, 11) is 0. The van der Waals surface area contributed by atoms with Gasteiger partial charge in [0.1, 0.15) is 18.1 Å². The molecule has 2 fully saturated rings. The minimum absolute atomic E-state index is 0.0105. The molecule has 0 saturated heterocycles. The minimum Gasteiger partial charge on any atom is -0.464 e. The molecule has 2 aliphatic carbocycles. The Morgan fingerprint density at radius 3 is 2.22 bits per heavy atom. The number of amides is 1. The topological polar surface area (TPSA) is 55.5 Å². The molecule has 2 heterocycles. The van der Waals surface area contributed by atoms with E-state index in [0.29, 0.717) is 29.2 Å². The quantitative estimate of drug-likeness (QED) is 0.405. The van der Waals surface area contributed by atoms with Crippen molar-refractivity contribution in [3.63, 3.8) is 0 Å². The van der Waals surface area contributed by atoms with Crippen LogP contribution in [0.25, 0.3) is 21.8 Å². The highest BCUT2D eigenvalue weighted by Gasteiger charge is 2.37. The first-order chi connectivity index (χ1) is 15.6. The zero-order chi connectivity index (χ0) is 21.8. The molecule has 5 nitrogen and oxygen atoms in total. The average molecular weight is 427 g/mol. The number of carbonyl (C=O) groups excluding carboxylic acids is 1. The number of rotatable bonds is 6. The summed E-state index contributed by atoms with van der Waals surface area (Å²) >= 11 is 0. The van der Waals surface area contributed by atoms with Crippen LogP contribution in [0.3, 0.4) is 0 Å². The zero-order valence-corrected chi connectivity index (χ0v) is 18.2. The normalized spacial score (nSPS) is 20.0. The summed E-state index contributed by atoms with van der Waals surface area (Å²) in [5, 5.41) is 1.29. The molecule has 6 rings (SSSR count). The summed E-state index contributed by atoms with van der Waals surface area (Å²) < 4.78 is 8.09. The summed E-state index contributed by atoms with van der Waals surface area (Å²) in [5.74, 6) is 3.19. The van der Waals surface area contributed by atoms with Crippen LogP contribution >= 0.6 is 0 Å². The Morgan fingerprint density at radius 2 is 1.62 bits per heavy atom. The molecule has 0 spiro atoms. The van der Waals surface area contributed by atoms with E-state index in [-0.39, 0.29) is 23.9 Å². The third-order valence-corrected chi connectivity index (χ3v) is 6.96. The first-order valence-electron chi connectivity index (χ1n) is 11.5. The lowest BCUT2D eigenvalue weighted by atomic mass is 10.1. The molecule has 0 radical (unpaired) electrons. The van der Waals surface area contributed by atoms with E-state index in [1.807, 2.05) is 64.1 Å². The van der Waals surface area contributed by atoms with E-state index in [2.05, 4.69) is 13.0 Å². The Labute approximate surface area is 186 Å². The van der Waals surface area contributed by atoms with Crippen molar-refractivity contribution in [1.82, 2.24) is 9.47 Å². The number of furan rings is 1. The van der Waals surface area contributed by atoms with E-state index in [9.17, 15) is 9.59 Å². The van der Waals surface area contributed by atoms with E-state index in [0.717, 1.165) is 35.4 Å². The van der Waals surface area contributed by atoms with Crippen LogP contribution in [0.5, 0.6) is 0 Å². The summed E-state index contributed by atoms with van der Waals surface area (Å²) in [6.07, 6.45) is 3.25. The van der Waals surface area contributed by atoms with E-state index >= 15 is 0 Å². The van der Waals surface area contributed by atoms with Gasteiger partial charge in [-0.2, -0.15) is 0 Å². The fraction of sp³-hybridized carbons (Fsp3) is 0.333. The van der Waals surface area contributed by atoms with Crippen molar-refractivity contribution in [2.45, 2.75) is 51.2 Å². The van der Waals surface area contributed by atoms with E-state index in [1.165, 1.54) is 6.42 Å². The van der Waals surface area contributed by atoms with Crippen molar-refractivity contribution in [3.05, 3.63) is 82.4 Å². The van der Waals surface area contributed by atoms with Crippen molar-refractivity contribution in [2.24, 2.45) is 5.92 Å². The summed E-state index contributed by atoms with van der Waals surface area (Å²) in [6, 6.07) is 19.5. The Hall–Kier alpha value is -3.34. The number of fused-ring (bicyclic) bond motifs is 2. The Kier molecular flexibility index (Phi) is 4.46. The van der Waals surface area contributed by atoms with E-state index in [4.69, 9.17) is 4.42 Å². The molecule has 2 aromatic heterocycles. The molecular formula is C27H26N2O3. The third kappa shape index (κ3) is 3.32. The molecule has 0 bridgehead atoms. The number of benzene rings is 2. The lowest BCUT2D eigenvalue weighted by Crippen LogP contribution is -2.35. The van der Waals surface area contributed by atoms with E-state index < -0.39 is 0 Å². The fourth-order valence-corrected chi connectivity index (χ4v) is 4.85. The molecule has 2 unspecified atom stereocenters. The molecule has 5 heteroatoms. The number of pyridine rings is 1. The maximum absolute atomic E-state index is 13.6. The molecular weight excluding hydrogens is 400 g/mol. The van der Waals surface area contributed by atoms with Gasteiger partial charge in [0.05, 0.1) is 17.6 Å². The van der Waals surface area contributed by atoms with Crippen molar-refractivity contribution in [3.8, 4) is 0 Å². The van der Waals surface area contributed by atoms with Crippen LogP contribution in [-0.4, -0.2) is 21.4 Å². The van der Waals surface area contributed by atoms with Crippen molar-refractivity contribution in [2.75, 3.05) is 0 Å². The highest BCUT2D eigenvalue weighted by Crippen LogP contribution is 2.47. The summed E-state index contributed by atoms with van der Waals surface area (Å²) in [5.41, 5.74) is 1.60. The van der Waals surface area contributed by atoms with Crippen LogP contribution in [0.15, 0.2) is 69.9 Å². The minimum atomic E-state index is 0.0105. The maximum Gasteiger partial charge on any atom is 0.243 e. The number of aromatic nitrogens is 1. The van der Waals surface area contributed by atoms with Gasteiger partial charge in [0.2, 0.25) is 5.91 Å². The van der Waals surface area contributed by atoms with Gasteiger partial charge < -0.3 is 13.9 Å². The number of nitrogens with zero attached hydrogens (tertiary/aromatic N) is 2. The molecule has 2 aliphatic rings. The van der Waals surface area contributed by atoms with Crippen LogP contribution < -0.4 is 5.43 Å². The maximum atomic E-state index is 13.6. The van der Waals surface area contributed by atoms with Crippen molar-refractivity contribution < 1.29 is 9.21 Å². The van der Waals surface area contributed by atoms with Gasteiger partial charge in [0.15, 0.2) is 5.43 Å². The second-order valence-corrected chi connectivity index (χ2v) is 9.33. The lowest BCUT2D eigenvalue weighted by Gasteiger charge is -2.23. The van der Waals surface area contributed by atoms with Crippen LogP contribution in [0.4, 0.5) is 0 Å². The summed E-state index contributed by atoms with van der Waals surface area (Å²) in [4.78, 5) is 28.5. The largest absolute Gasteiger partial charge is 0.464 e. The molecule has 2 saturated carbocycles. The van der Waals surface area contributed by atoms with Crippen molar-refractivity contribution >= 4 is 27.7 Å². The van der Waals surface area contributed by atoms with Gasteiger partial charge in [0, 0.05) is 22.7 Å². The van der Waals surface area contributed by atoms with Crippen molar-refractivity contribution in [1.29, 1.82) is 0 Å². The van der Waals surface area contributed by atoms with Gasteiger partial charge in [-0.3, -0.25) is 9.59 Å². The predicted molar refractivity (Wildman–Crippen MR) is 125 cm³/mol. The number of carbonyl (C=O) groups is 1. The average Bonchev–Trinajstić information content (AvgIpc) is 3.74. The monoisotopic (exact) mass is 426 g/mol. The third-order valence-electron chi connectivity index (χ3n) is 6.96. The zero-order valence-electron chi connectivity index (χ0n) is 18.2. The highest BCUT2D eigenvalue weighted by molar-refractivity contribution is 5.94. The molecule has 0 aliphatic heterocycles. The Morgan fingerprint density at radius 1 is 1.00 bits per heavy atom. The van der Waals surface area contributed by atoms with Gasteiger partial charge in [-0.25, -0.2) is 0 Å². The van der Waals surface area contributed by atoms with Gasteiger partial charge in [-0.05, 0) is 61.6 Å². The smallest absolute Gasteiger partial charge is 0.243 e. The van der Waals surface area contributed by atoms with Gasteiger partial charge in [-0.1, -0.05) is 31.2 Å².